The molecule has 0 spiro atoms. The first kappa shape index (κ1) is 14.8. The van der Waals surface area contributed by atoms with E-state index in [2.05, 4.69) is 5.32 Å². The topological polar surface area (TPSA) is 41.6 Å². The third kappa shape index (κ3) is 3.93. The van der Waals surface area contributed by atoms with Crippen molar-refractivity contribution in [3.05, 3.63) is 30.1 Å². The zero-order chi connectivity index (χ0) is 14.4. The van der Waals surface area contributed by atoms with Gasteiger partial charge < -0.3 is 15.0 Å². The predicted octanol–water partition coefficient (Wildman–Crippen LogP) is 1.66. The average molecular weight is 280 g/mol. The van der Waals surface area contributed by atoms with Gasteiger partial charge in [-0.05, 0) is 31.5 Å². The van der Waals surface area contributed by atoms with Gasteiger partial charge in [0, 0.05) is 13.6 Å². The summed E-state index contributed by atoms with van der Waals surface area (Å²) in [6.45, 7) is 2.49. The van der Waals surface area contributed by atoms with E-state index in [1.807, 2.05) is 0 Å². The molecule has 1 atom stereocenters. The number of carbonyl (C=O) groups excluding carboxylic acids is 1. The Morgan fingerprint density at radius 1 is 1.50 bits per heavy atom. The average Bonchev–Trinajstić information content (AvgIpc) is 2.49. The Morgan fingerprint density at radius 2 is 2.30 bits per heavy atom. The fourth-order valence-corrected chi connectivity index (χ4v) is 2.34. The molecule has 1 aliphatic rings. The minimum Gasteiger partial charge on any atom is -0.489 e. The highest BCUT2D eigenvalue weighted by molar-refractivity contribution is 5.78. The molecule has 1 aromatic carbocycles. The highest BCUT2D eigenvalue weighted by Gasteiger charge is 2.23. The molecule has 1 amide bonds. The lowest BCUT2D eigenvalue weighted by atomic mass is 9.98. The monoisotopic (exact) mass is 280 g/mol. The van der Waals surface area contributed by atoms with Crippen LogP contribution in [-0.4, -0.2) is 44.1 Å². The molecule has 110 valence electrons. The molecule has 0 saturated carbocycles. The number of ether oxygens (including phenoxy) is 1. The summed E-state index contributed by atoms with van der Waals surface area (Å²) in [6, 6.07) is 6.29. The van der Waals surface area contributed by atoms with Crippen molar-refractivity contribution in [2.24, 2.45) is 5.92 Å². The minimum absolute atomic E-state index is 0.0576. The number of likely N-dealkylation sites (N-methyl/N-ethyl adjacent to an activating group) is 1. The van der Waals surface area contributed by atoms with Gasteiger partial charge in [0.2, 0.25) is 5.91 Å². The minimum atomic E-state index is -0.377. The molecule has 1 aliphatic heterocycles. The van der Waals surface area contributed by atoms with Crippen molar-refractivity contribution >= 4 is 5.91 Å². The molecular formula is C15H21FN2O2. The van der Waals surface area contributed by atoms with Gasteiger partial charge in [-0.25, -0.2) is 4.39 Å². The number of rotatable bonds is 5. The Hall–Kier alpha value is -1.62. The van der Waals surface area contributed by atoms with E-state index in [1.165, 1.54) is 6.07 Å². The van der Waals surface area contributed by atoms with Crippen molar-refractivity contribution in [3.8, 4) is 5.75 Å². The smallest absolute Gasteiger partial charge is 0.226 e. The van der Waals surface area contributed by atoms with Crippen molar-refractivity contribution in [3.63, 3.8) is 0 Å². The lowest BCUT2D eigenvalue weighted by Gasteiger charge is -2.27. The third-order valence-corrected chi connectivity index (χ3v) is 3.54. The third-order valence-electron chi connectivity index (χ3n) is 3.54. The number of hydrogen-bond acceptors (Lipinski definition) is 3. The second kappa shape index (κ2) is 7.24. The first-order chi connectivity index (χ1) is 9.68. The number of carbonyl (C=O) groups is 1. The highest BCUT2D eigenvalue weighted by Crippen LogP contribution is 2.16. The highest BCUT2D eigenvalue weighted by atomic mass is 19.1. The van der Waals surface area contributed by atoms with Crippen LogP contribution in [0, 0.1) is 11.7 Å². The van der Waals surface area contributed by atoms with Crippen LogP contribution in [0.15, 0.2) is 24.3 Å². The number of benzene rings is 1. The normalized spacial score (nSPS) is 18.6. The predicted molar refractivity (Wildman–Crippen MR) is 75.1 cm³/mol. The molecule has 0 aromatic heterocycles. The summed E-state index contributed by atoms with van der Waals surface area (Å²) in [5.41, 5.74) is 0. The van der Waals surface area contributed by atoms with E-state index in [9.17, 15) is 9.18 Å². The summed E-state index contributed by atoms with van der Waals surface area (Å²) >= 11 is 0. The van der Waals surface area contributed by atoms with E-state index in [4.69, 9.17) is 4.74 Å². The number of para-hydroxylation sites is 1. The molecule has 1 fully saturated rings. The first-order valence-corrected chi connectivity index (χ1v) is 7.01. The van der Waals surface area contributed by atoms with Gasteiger partial charge in [-0.1, -0.05) is 12.1 Å². The maximum absolute atomic E-state index is 13.3. The largest absolute Gasteiger partial charge is 0.489 e. The van der Waals surface area contributed by atoms with Gasteiger partial charge in [0.1, 0.15) is 6.61 Å². The van der Waals surface area contributed by atoms with Crippen molar-refractivity contribution in [1.29, 1.82) is 0 Å². The fraction of sp³-hybridized carbons (Fsp3) is 0.533. The Kier molecular flexibility index (Phi) is 5.35. The quantitative estimate of drug-likeness (QED) is 0.892. The van der Waals surface area contributed by atoms with Crippen molar-refractivity contribution in [2.75, 3.05) is 33.3 Å². The van der Waals surface area contributed by atoms with Gasteiger partial charge in [-0.3, -0.25) is 4.79 Å². The van der Waals surface area contributed by atoms with Crippen LogP contribution in [0.4, 0.5) is 4.39 Å². The van der Waals surface area contributed by atoms with E-state index in [0.717, 1.165) is 25.9 Å². The molecule has 4 nitrogen and oxygen atoms in total. The summed E-state index contributed by atoms with van der Waals surface area (Å²) in [5.74, 6) is 0.0437. The second-order valence-corrected chi connectivity index (χ2v) is 5.08. The zero-order valence-electron chi connectivity index (χ0n) is 11.8. The summed E-state index contributed by atoms with van der Waals surface area (Å²) in [4.78, 5) is 13.8. The number of nitrogens with one attached hydrogen (secondary N) is 1. The Bertz CT molecular complexity index is 447. The molecule has 0 aliphatic carbocycles. The van der Waals surface area contributed by atoms with Crippen LogP contribution in [0.3, 0.4) is 0 Å². The van der Waals surface area contributed by atoms with Gasteiger partial charge in [0.05, 0.1) is 12.5 Å². The Balaban J connectivity index is 1.75. The summed E-state index contributed by atoms with van der Waals surface area (Å²) in [7, 11) is 1.77. The molecule has 20 heavy (non-hydrogen) atoms. The van der Waals surface area contributed by atoms with E-state index in [1.54, 1.807) is 30.1 Å². The fourth-order valence-electron chi connectivity index (χ4n) is 2.34. The standard InChI is InChI=1S/C15H21FN2O2/c1-18(15(19)12-5-4-8-17-11-12)9-10-20-14-7-3-2-6-13(14)16/h2-3,6-7,12,17H,4-5,8-11H2,1H3/t12-/m1/s1. The van der Waals surface area contributed by atoms with Crippen molar-refractivity contribution in [2.45, 2.75) is 12.8 Å². The summed E-state index contributed by atoms with van der Waals surface area (Å²) < 4.78 is 18.7. The molecule has 1 N–H and O–H groups in total. The van der Waals surface area contributed by atoms with E-state index >= 15 is 0 Å². The van der Waals surface area contributed by atoms with Crippen LogP contribution in [-0.2, 0) is 4.79 Å². The van der Waals surface area contributed by atoms with Crippen LogP contribution in [0.25, 0.3) is 0 Å². The lowest BCUT2D eigenvalue weighted by Crippen LogP contribution is -2.42. The lowest BCUT2D eigenvalue weighted by molar-refractivity contribution is -0.135. The van der Waals surface area contributed by atoms with Crippen LogP contribution >= 0.6 is 0 Å². The van der Waals surface area contributed by atoms with E-state index < -0.39 is 0 Å². The van der Waals surface area contributed by atoms with Gasteiger partial charge in [0.15, 0.2) is 11.6 Å². The number of piperidine rings is 1. The van der Waals surface area contributed by atoms with Gasteiger partial charge in [0.25, 0.3) is 0 Å². The zero-order valence-corrected chi connectivity index (χ0v) is 11.8. The number of hydrogen-bond donors (Lipinski definition) is 1. The number of nitrogens with zero attached hydrogens (tertiary/aromatic N) is 1. The Morgan fingerprint density at radius 3 is 3.00 bits per heavy atom. The molecule has 5 heteroatoms. The maximum atomic E-state index is 13.3. The summed E-state index contributed by atoms with van der Waals surface area (Å²) in [5, 5.41) is 3.23. The van der Waals surface area contributed by atoms with Crippen molar-refractivity contribution < 1.29 is 13.9 Å². The molecular weight excluding hydrogens is 259 g/mol. The SMILES string of the molecule is CN(CCOc1ccccc1F)C(=O)[C@@H]1CCCNC1. The van der Waals surface area contributed by atoms with Crippen LogP contribution < -0.4 is 10.1 Å². The van der Waals surface area contributed by atoms with Gasteiger partial charge in [-0.15, -0.1) is 0 Å². The number of amides is 1. The molecule has 1 saturated heterocycles. The van der Waals surface area contributed by atoms with Crippen LogP contribution in [0.1, 0.15) is 12.8 Å². The maximum Gasteiger partial charge on any atom is 0.226 e. The first-order valence-electron chi connectivity index (χ1n) is 7.01. The summed E-state index contributed by atoms with van der Waals surface area (Å²) in [6.07, 6.45) is 1.97. The van der Waals surface area contributed by atoms with Crippen molar-refractivity contribution in [1.82, 2.24) is 10.2 Å². The second-order valence-electron chi connectivity index (χ2n) is 5.08. The van der Waals surface area contributed by atoms with Crippen LogP contribution in [0.5, 0.6) is 5.75 Å². The number of halogens is 1. The molecule has 0 radical (unpaired) electrons. The Labute approximate surface area is 118 Å². The van der Waals surface area contributed by atoms with E-state index in [0.29, 0.717) is 13.2 Å². The van der Waals surface area contributed by atoms with Gasteiger partial charge in [-0.2, -0.15) is 0 Å². The molecule has 0 unspecified atom stereocenters. The molecule has 2 rings (SSSR count). The molecule has 1 heterocycles. The molecule has 1 aromatic rings. The van der Waals surface area contributed by atoms with E-state index in [-0.39, 0.29) is 23.4 Å². The van der Waals surface area contributed by atoms with Crippen LogP contribution in [0.2, 0.25) is 0 Å². The molecule has 0 bridgehead atoms. The van der Waals surface area contributed by atoms with Gasteiger partial charge >= 0.3 is 0 Å².